The Hall–Kier alpha value is -3.19. The first-order valence-corrected chi connectivity index (χ1v) is 12.0. The van der Waals surface area contributed by atoms with Crippen LogP contribution in [0.15, 0.2) is 47.3 Å². The van der Waals surface area contributed by atoms with Gasteiger partial charge in [0.2, 0.25) is 5.91 Å². The lowest BCUT2D eigenvalue weighted by atomic mass is 10.0. The van der Waals surface area contributed by atoms with Gasteiger partial charge in [-0.3, -0.25) is 14.2 Å². The zero-order valence-electron chi connectivity index (χ0n) is 18.8. The fourth-order valence-corrected chi connectivity index (χ4v) is 5.11. The van der Waals surface area contributed by atoms with E-state index < -0.39 is 0 Å². The minimum Gasteiger partial charge on any atom is -0.358 e. The molecule has 1 aliphatic rings. The van der Waals surface area contributed by atoms with E-state index in [9.17, 15) is 9.59 Å². The van der Waals surface area contributed by atoms with E-state index in [0.29, 0.717) is 29.7 Å². The van der Waals surface area contributed by atoms with Crippen molar-refractivity contribution in [3.63, 3.8) is 0 Å². The number of carbonyl (C=O) groups excluding carboxylic acids is 1. The fraction of sp³-hybridized carbons (Fsp3) is 0.346. The summed E-state index contributed by atoms with van der Waals surface area (Å²) >= 11 is 5.38. The number of benzene rings is 2. The van der Waals surface area contributed by atoms with Gasteiger partial charge >= 0.3 is 0 Å². The summed E-state index contributed by atoms with van der Waals surface area (Å²) in [5.74, 6) is 0.211. The molecule has 0 unspecified atom stereocenters. The van der Waals surface area contributed by atoms with Gasteiger partial charge in [-0.25, -0.2) is 0 Å². The third-order valence-electron chi connectivity index (χ3n) is 6.65. The standard InChI is InChI=1S/C26H28N4O2S/c1-17-10-11-22-19(15-17)20-16-29(14-12-23(20)27-22)24(31)9-3-2-6-13-30-25(32)18-7-4-5-8-21(18)28-26(30)33/h4-5,7-8,10-11,15,27H,2-3,6,9,12-14,16H2,1H3,(H,28,33). The molecule has 170 valence electrons. The lowest BCUT2D eigenvalue weighted by Crippen LogP contribution is -2.35. The van der Waals surface area contributed by atoms with E-state index in [1.165, 1.54) is 22.2 Å². The van der Waals surface area contributed by atoms with Crippen molar-refractivity contribution < 1.29 is 4.79 Å². The molecule has 2 N–H and O–H groups in total. The van der Waals surface area contributed by atoms with Gasteiger partial charge in [-0.05, 0) is 56.2 Å². The third-order valence-corrected chi connectivity index (χ3v) is 6.97. The van der Waals surface area contributed by atoms with Crippen LogP contribution in [0.4, 0.5) is 0 Å². The minimum absolute atomic E-state index is 0.0523. The lowest BCUT2D eigenvalue weighted by Gasteiger charge is -2.27. The Labute approximate surface area is 197 Å². The average Bonchev–Trinajstić information content (AvgIpc) is 3.17. The highest BCUT2D eigenvalue weighted by Crippen LogP contribution is 2.29. The molecule has 1 aliphatic heterocycles. The molecule has 0 spiro atoms. The van der Waals surface area contributed by atoms with Crippen LogP contribution in [0, 0.1) is 11.7 Å². The van der Waals surface area contributed by atoms with Gasteiger partial charge in [0.15, 0.2) is 4.77 Å². The molecule has 0 atom stereocenters. The van der Waals surface area contributed by atoms with E-state index in [1.54, 1.807) is 4.57 Å². The monoisotopic (exact) mass is 460 g/mol. The van der Waals surface area contributed by atoms with Crippen LogP contribution in [0.5, 0.6) is 0 Å². The largest absolute Gasteiger partial charge is 0.358 e. The highest BCUT2D eigenvalue weighted by atomic mass is 32.1. The summed E-state index contributed by atoms with van der Waals surface area (Å²) in [5.41, 5.74) is 5.63. The van der Waals surface area contributed by atoms with Crippen molar-refractivity contribution in [2.24, 2.45) is 0 Å². The number of aryl methyl sites for hydroxylation is 1. The first-order chi connectivity index (χ1) is 16.0. The number of carbonyl (C=O) groups is 1. The summed E-state index contributed by atoms with van der Waals surface area (Å²) in [7, 11) is 0. The number of unbranched alkanes of at least 4 members (excludes halogenated alkanes) is 2. The Kier molecular flexibility index (Phi) is 5.89. The van der Waals surface area contributed by atoms with Crippen LogP contribution in [-0.2, 0) is 24.3 Å². The molecular weight excluding hydrogens is 432 g/mol. The summed E-state index contributed by atoms with van der Waals surface area (Å²) in [6.45, 7) is 4.11. The number of nitrogens with one attached hydrogen (secondary N) is 2. The molecule has 0 bridgehead atoms. The minimum atomic E-state index is -0.0523. The van der Waals surface area contributed by atoms with Crippen LogP contribution in [0.2, 0.25) is 0 Å². The van der Waals surface area contributed by atoms with E-state index in [0.717, 1.165) is 43.3 Å². The van der Waals surface area contributed by atoms with Crippen molar-refractivity contribution in [3.05, 3.63) is 74.4 Å². The molecule has 2 aromatic heterocycles. The molecule has 4 aromatic rings. The Bertz CT molecular complexity index is 1460. The van der Waals surface area contributed by atoms with Crippen LogP contribution < -0.4 is 5.56 Å². The van der Waals surface area contributed by atoms with Gasteiger partial charge in [-0.15, -0.1) is 0 Å². The molecule has 7 heteroatoms. The van der Waals surface area contributed by atoms with Gasteiger partial charge in [0.05, 0.1) is 10.9 Å². The first-order valence-electron chi connectivity index (χ1n) is 11.6. The number of rotatable bonds is 6. The number of amides is 1. The van der Waals surface area contributed by atoms with Crippen molar-refractivity contribution in [2.45, 2.75) is 52.1 Å². The van der Waals surface area contributed by atoms with Gasteiger partial charge in [-0.1, -0.05) is 30.2 Å². The maximum atomic E-state index is 12.9. The van der Waals surface area contributed by atoms with Crippen molar-refractivity contribution in [1.29, 1.82) is 0 Å². The SMILES string of the molecule is Cc1ccc2[nH]c3c(c2c1)CN(C(=O)CCCCCn1c(=S)[nH]c2ccccc2c1=O)CC3. The van der Waals surface area contributed by atoms with Gasteiger partial charge in [0, 0.05) is 54.6 Å². The Balaban J connectivity index is 1.16. The summed E-state index contributed by atoms with van der Waals surface area (Å²) in [5, 5.41) is 1.89. The molecule has 1 amide bonds. The van der Waals surface area contributed by atoms with Crippen LogP contribution >= 0.6 is 12.2 Å². The third kappa shape index (κ3) is 4.25. The summed E-state index contributed by atoms with van der Waals surface area (Å²) < 4.78 is 2.08. The second kappa shape index (κ2) is 8.98. The van der Waals surface area contributed by atoms with Crippen molar-refractivity contribution in [3.8, 4) is 0 Å². The quantitative estimate of drug-likeness (QED) is 0.314. The molecule has 0 saturated heterocycles. The number of aromatic amines is 2. The molecule has 0 fully saturated rings. The number of nitrogens with zero attached hydrogens (tertiary/aromatic N) is 2. The van der Waals surface area contributed by atoms with E-state index in [2.05, 4.69) is 35.1 Å². The molecule has 0 radical (unpaired) electrons. The smallest absolute Gasteiger partial charge is 0.262 e. The molecule has 0 aliphatic carbocycles. The Morgan fingerprint density at radius 3 is 2.73 bits per heavy atom. The predicted molar refractivity (Wildman–Crippen MR) is 134 cm³/mol. The van der Waals surface area contributed by atoms with E-state index in [4.69, 9.17) is 12.2 Å². The fourth-order valence-electron chi connectivity index (χ4n) is 4.82. The van der Waals surface area contributed by atoms with E-state index >= 15 is 0 Å². The molecule has 0 saturated carbocycles. The second-order valence-electron chi connectivity index (χ2n) is 8.94. The van der Waals surface area contributed by atoms with Crippen LogP contribution in [0.1, 0.15) is 42.5 Å². The van der Waals surface area contributed by atoms with Crippen molar-refractivity contribution in [1.82, 2.24) is 19.4 Å². The normalized spacial score (nSPS) is 13.5. The highest BCUT2D eigenvalue weighted by Gasteiger charge is 2.23. The average molecular weight is 461 g/mol. The van der Waals surface area contributed by atoms with Gasteiger partial charge in [0.25, 0.3) is 5.56 Å². The maximum Gasteiger partial charge on any atom is 0.262 e. The number of fused-ring (bicyclic) bond motifs is 4. The zero-order chi connectivity index (χ0) is 22.9. The molecule has 2 aromatic carbocycles. The van der Waals surface area contributed by atoms with Crippen LogP contribution in [0.25, 0.3) is 21.8 Å². The lowest BCUT2D eigenvalue weighted by molar-refractivity contribution is -0.132. The highest BCUT2D eigenvalue weighted by molar-refractivity contribution is 7.71. The summed E-state index contributed by atoms with van der Waals surface area (Å²) in [6.07, 6.45) is 3.92. The predicted octanol–water partition coefficient (Wildman–Crippen LogP) is 4.99. The molecular formula is C26H28N4O2S. The Morgan fingerprint density at radius 1 is 1.03 bits per heavy atom. The first kappa shape index (κ1) is 21.6. The maximum absolute atomic E-state index is 12.9. The van der Waals surface area contributed by atoms with E-state index in [1.807, 2.05) is 29.2 Å². The van der Waals surface area contributed by atoms with Crippen LogP contribution in [-0.4, -0.2) is 31.9 Å². The number of para-hydroxylation sites is 1. The topological polar surface area (TPSA) is 73.9 Å². The zero-order valence-corrected chi connectivity index (χ0v) is 19.6. The van der Waals surface area contributed by atoms with Crippen molar-refractivity contribution in [2.75, 3.05) is 6.54 Å². The molecule has 5 rings (SSSR count). The number of aromatic nitrogens is 3. The van der Waals surface area contributed by atoms with Crippen molar-refractivity contribution >= 4 is 39.9 Å². The van der Waals surface area contributed by atoms with E-state index in [-0.39, 0.29) is 11.5 Å². The molecule has 33 heavy (non-hydrogen) atoms. The number of hydrogen-bond acceptors (Lipinski definition) is 3. The van der Waals surface area contributed by atoms with Gasteiger partial charge in [0.1, 0.15) is 0 Å². The number of H-pyrrole nitrogens is 2. The summed E-state index contributed by atoms with van der Waals surface area (Å²) in [6, 6.07) is 13.9. The number of hydrogen-bond donors (Lipinski definition) is 2. The summed E-state index contributed by atoms with van der Waals surface area (Å²) in [4.78, 5) is 34.2. The molecule has 6 nitrogen and oxygen atoms in total. The Morgan fingerprint density at radius 2 is 1.85 bits per heavy atom. The van der Waals surface area contributed by atoms with Crippen LogP contribution in [0.3, 0.4) is 0 Å². The second-order valence-corrected chi connectivity index (χ2v) is 9.33. The molecule has 3 heterocycles. The van der Waals surface area contributed by atoms with Gasteiger partial charge in [-0.2, -0.15) is 0 Å². The van der Waals surface area contributed by atoms with Gasteiger partial charge < -0.3 is 14.9 Å².